The lowest BCUT2D eigenvalue weighted by Gasteiger charge is -2.11. The van der Waals surface area contributed by atoms with E-state index >= 15 is 0 Å². The summed E-state index contributed by atoms with van der Waals surface area (Å²) in [6.45, 7) is 5.43. The summed E-state index contributed by atoms with van der Waals surface area (Å²) >= 11 is 0. The highest BCUT2D eigenvalue weighted by molar-refractivity contribution is 6.49. The van der Waals surface area contributed by atoms with Crippen molar-refractivity contribution in [2.24, 2.45) is 5.16 Å². The van der Waals surface area contributed by atoms with E-state index in [1.54, 1.807) is 13.8 Å². The molecule has 1 aromatic rings. The third kappa shape index (κ3) is 1.65. The van der Waals surface area contributed by atoms with E-state index in [0.717, 1.165) is 11.1 Å². The average molecular weight is 203 g/mol. The van der Waals surface area contributed by atoms with Crippen molar-refractivity contribution in [3.63, 3.8) is 0 Å². The third-order valence-electron chi connectivity index (χ3n) is 2.42. The minimum absolute atomic E-state index is 0.0619. The molecular weight excluding hydrogens is 190 g/mol. The van der Waals surface area contributed by atoms with Gasteiger partial charge in [0.15, 0.2) is 11.3 Å². The lowest BCUT2D eigenvalue weighted by Crippen LogP contribution is -2.33. The van der Waals surface area contributed by atoms with Gasteiger partial charge in [-0.15, -0.1) is 0 Å². The van der Waals surface area contributed by atoms with Gasteiger partial charge in [0.25, 0.3) is 0 Å². The van der Waals surface area contributed by atoms with E-state index in [2.05, 4.69) is 5.16 Å². The van der Waals surface area contributed by atoms with E-state index < -0.39 is 5.60 Å². The van der Waals surface area contributed by atoms with Gasteiger partial charge in [0, 0.05) is 5.56 Å². The number of carbonyl (C=O) groups excluding carboxylic acids is 1. The molecule has 15 heavy (non-hydrogen) atoms. The highest BCUT2D eigenvalue weighted by Crippen LogP contribution is 2.22. The Morgan fingerprint density at radius 1 is 1.33 bits per heavy atom. The Labute approximate surface area is 88.7 Å². The minimum atomic E-state index is -0.820. The molecule has 1 aromatic carbocycles. The predicted octanol–water partition coefficient (Wildman–Crippen LogP) is 2.08. The Hall–Kier alpha value is -1.64. The van der Waals surface area contributed by atoms with Gasteiger partial charge in [0.1, 0.15) is 0 Å². The summed E-state index contributed by atoms with van der Waals surface area (Å²) in [6.07, 6.45) is 0. The zero-order valence-corrected chi connectivity index (χ0v) is 9.07. The Morgan fingerprint density at radius 2 is 2.07 bits per heavy atom. The molecule has 0 fully saturated rings. The number of hydrogen-bond acceptors (Lipinski definition) is 3. The van der Waals surface area contributed by atoms with Gasteiger partial charge in [-0.05, 0) is 26.8 Å². The minimum Gasteiger partial charge on any atom is -0.381 e. The molecule has 0 atom stereocenters. The SMILES string of the molecule is Cc1cccc(C2=NOC(C)(C)C2=O)c1. The number of Topliss-reactive ketones (excluding diaryl/α,β-unsaturated/α-hetero) is 1. The summed E-state index contributed by atoms with van der Waals surface area (Å²) in [6, 6.07) is 7.69. The molecule has 0 saturated heterocycles. The van der Waals surface area contributed by atoms with Crippen LogP contribution < -0.4 is 0 Å². The first kappa shape index (κ1) is 9.90. The molecule has 1 aliphatic heterocycles. The zero-order valence-electron chi connectivity index (χ0n) is 9.07. The van der Waals surface area contributed by atoms with Crippen LogP contribution in [0.3, 0.4) is 0 Å². The van der Waals surface area contributed by atoms with E-state index in [1.807, 2.05) is 31.2 Å². The van der Waals surface area contributed by atoms with Crippen molar-refractivity contribution in [1.29, 1.82) is 0 Å². The second-order valence-electron chi connectivity index (χ2n) is 4.24. The topological polar surface area (TPSA) is 38.7 Å². The van der Waals surface area contributed by atoms with Crippen LogP contribution in [0.1, 0.15) is 25.0 Å². The Balaban J connectivity index is 2.39. The molecule has 0 bridgehead atoms. The molecule has 2 rings (SSSR count). The molecule has 78 valence electrons. The number of nitrogens with zero attached hydrogens (tertiary/aromatic N) is 1. The summed E-state index contributed by atoms with van der Waals surface area (Å²) < 4.78 is 0. The van der Waals surface area contributed by atoms with Gasteiger partial charge < -0.3 is 4.84 Å². The molecule has 0 saturated carbocycles. The van der Waals surface area contributed by atoms with E-state index in [1.165, 1.54) is 0 Å². The number of benzene rings is 1. The summed E-state index contributed by atoms with van der Waals surface area (Å²) in [5.74, 6) is -0.0619. The van der Waals surface area contributed by atoms with Gasteiger partial charge in [0.2, 0.25) is 5.78 Å². The molecule has 0 N–H and O–H groups in total. The van der Waals surface area contributed by atoms with Crippen LogP contribution in [0.25, 0.3) is 0 Å². The predicted molar refractivity (Wildman–Crippen MR) is 57.9 cm³/mol. The molecule has 0 unspecified atom stereocenters. The molecule has 0 amide bonds. The van der Waals surface area contributed by atoms with Crippen LogP contribution in [0.5, 0.6) is 0 Å². The van der Waals surface area contributed by atoms with Crippen molar-refractivity contribution in [1.82, 2.24) is 0 Å². The van der Waals surface area contributed by atoms with E-state index in [0.29, 0.717) is 5.71 Å². The molecule has 0 spiro atoms. The maximum absolute atomic E-state index is 11.9. The number of carbonyl (C=O) groups is 1. The molecule has 3 nitrogen and oxygen atoms in total. The molecule has 0 aromatic heterocycles. The fourth-order valence-corrected chi connectivity index (χ4v) is 1.50. The van der Waals surface area contributed by atoms with Crippen molar-refractivity contribution < 1.29 is 9.63 Å². The summed E-state index contributed by atoms with van der Waals surface area (Å²) in [7, 11) is 0. The first-order chi connectivity index (χ1) is 7.00. The number of oxime groups is 1. The largest absolute Gasteiger partial charge is 0.381 e. The molecule has 1 aliphatic rings. The van der Waals surface area contributed by atoms with Crippen LogP contribution in [-0.2, 0) is 9.63 Å². The fourth-order valence-electron chi connectivity index (χ4n) is 1.50. The number of ketones is 1. The molecule has 0 aliphatic carbocycles. The first-order valence-corrected chi connectivity index (χ1v) is 4.89. The normalized spacial score (nSPS) is 18.6. The van der Waals surface area contributed by atoms with Gasteiger partial charge in [-0.25, -0.2) is 0 Å². The molecule has 1 heterocycles. The van der Waals surface area contributed by atoms with Crippen molar-refractivity contribution in [2.75, 3.05) is 0 Å². The van der Waals surface area contributed by atoms with E-state index in [9.17, 15) is 4.79 Å². The van der Waals surface area contributed by atoms with Gasteiger partial charge >= 0.3 is 0 Å². The van der Waals surface area contributed by atoms with Crippen LogP contribution in [-0.4, -0.2) is 17.1 Å². The van der Waals surface area contributed by atoms with Crippen molar-refractivity contribution >= 4 is 11.5 Å². The van der Waals surface area contributed by atoms with Crippen LogP contribution in [0.2, 0.25) is 0 Å². The van der Waals surface area contributed by atoms with E-state index in [-0.39, 0.29) is 5.78 Å². The van der Waals surface area contributed by atoms with Crippen LogP contribution in [0, 0.1) is 6.92 Å². The summed E-state index contributed by atoms with van der Waals surface area (Å²) in [5.41, 5.74) is 1.53. The standard InChI is InChI=1S/C12H13NO2/c1-8-5-4-6-9(7-8)10-11(14)12(2,3)15-13-10/h4-7H,1-3H3. The highest BCUT2D eigenvalue weighted by Gasteiger charge is 2.40. The molecular formula is C12H13NO2. The van der Waals surface area contributed by atoms with Gasteiger partial charge in [-0.2, -0.15) is 0 Å². The summed E-state index contributed by atoms with van der Waals surface area (Å²) in [4.78, 5) is 17.0. The number of aryl methyl sites for hydroxylation is 1. The monoisotopic (exact) mass is 203 g/mol. The van der Waals surface area contributed by atoms with Gasteiger partial charge in [0.05, 0.1) is 0 Å². The lowest BCUT2D eigenvalue weighted by molar-refractivity contribution is -0.128. The smallest absolute Gasteiger partial charge is 0.230 e. The van der Waals surface area contributed by atoms with E-state index in [4.69, 9.17) is 4.84 Å². The van der Waals surface area contributed by atoms with Gasteiger partial charge in [-0.1, -0.05) is 28.9 Å². The maximum Gasteiger partial charge on any atom is 0.230 e. The van der Waals surface area contributed by atoms with Crippen LogP contribution >= 0.6 is 0 Å². The van der Waals surface area contributed by atoms with Gasteiger partial charge in [-0.3, -0.25) is 4.79 Å². The lowest BCUT2D eigenvalue weighted by atomic mass is 9.95. The van der Waals surface area contributed by atoms with Crippen molar-refractivity contribution in [3.05, 3.63) is 35.4 Å². The number of hydrogen-bond donors (Lipinski definition) is 0. The third-order valence-corrected chi connectivity index (χ3v) is 2.42. The Bertz CT molecular complexity index is 447. The Kier molecular flexibility index (Phi) is 2.11. The second kappa shape index (κ2) is 3.19. The van der Waals surface area contributed by atoms with Crippen LogP contribution in [0.15, 0.2) is 29.4 Å². The zero-order chi connectivity index (χ0) is 11.1. The average Bonchev–Trinajstić information content (AvgIpc) is 2.42. The Morgan fingerprint density at radius 3 is 2.60 bits per heavy atom. The molecule has 0 radical (unpaired) electrons. The first-order valence-electron chi connectivity index (χ1n) is 4.89. The molecule has 3 heteroatoms. The van der Waals surface area contributed by atoms with Crippen molar-refractivity contribution in [2.45, 2.75) is 26.4 Å². The fraction of sp³-hybridized carbons (Fsp3) is 0.333. The maximum atomic E-state index is 11.9. The number of rotatable bonds is 1. The highest BCUT2D eigenvalue weighted by atomic mass is 16.7. The quantitative estimate of drug-likeness (QED) is 0.700. The van der Waals surface area contributed by atoms with Crippen molar-refractivity contribution in [3.8, 4) is 0 Å². The summed E-state index contributed by atoms with van der Waals surface area (Å²) in [5, 5.41) is 3.85. The second-order valence-corrected chi connectivity index (χ2v) is 4.24. The van der Waals surface area contributed by atoms with Crippen LogP contribution in [0.4, 0.5) is 0 Å².